The summed E-state index contributed by atoms with van der Waals surface area (Å²) >= 11 is 0. The van der Waals surface area contributed by atoms with Gasteiger partial charge >= 0.3 is 0 Å². The van der Waals surface area contributed by atoms with Crippen LogP contribution in [0, 0.1) is 0 Å². The van der Waals surface area contributed by atoms with E-state index in [1.54, 1.807) is 0 Å². The second-order valence-electron chi connectivity index (χ2n) is 4.20. The molecule has 0 aliphatic carbocycles. The van der Waals surface area contributed by atoms with Crippen molar-refractivity contribution in [3.05, 3.63) is 11.9 Å². The second-order valence-corrected chi connectivity index (χ2v) is 4.20. The molecular formula is C14H26N4O2. The third-order valence-electron chi connectivity index (χ3n) is 2.54. The summed E-state index contributed by atoms with van der Waals surface area (Å²) in [5.41, 5.74) is 0. The molecule has 6 nitrogen and oxygen atoms in total. The lowest BCUT2D eigenvalue weighted by molar-refractivity contribution is 0.128. The molecule has 0 spiro atoms. The summed E-state index contributed by atoms with van der Waals surface area (Å²) in [6, 6.07) is 1.92. The van der Waals surface area contributed by atoms with Gasteiger partial charge in [-0.15, -0.1) is 0 Å². The normalized spacial score (nSPS) is 10.6. The maximum absolute atomic E-state index is 5.36. The Morgan fingerprint density at radius 3 is 2.35 bits per heavy atom. The predicted octanol–water partition coefficient (Wildman–Crippen LogP) is 2.28. The molecule has 1 rings (SSSR count). The molecule has 0 saturated carbocycles. The van der Waals surface area contributed by atoms with E-state index >= 15 is 0 Å². The number of hydrogen-bond acceptors (Lipinski definition) is 6. The van der Waals surface area contributed by atoms with E-state index in [1.165, 1.54) is 0 Å². The van der Waals surface area contributed by atoms with Gasteiger partial charge in [-0.2, -0.15) is 0 Å². The Balaban J connectivity index is 2.55. The fourth-order valence-electron chi connectivity index (χ4n) is 1.65. The molecule has 0 aromatic carbocycles. The first kappa shape index (κ1) is 16.7. The monoisotopic (exact) mass is 282 g/mol. The third kappa shape index (κ3) is 6.68. The van der Waals surface area contributed by atoms with Crippen molar-refractivity contribution in [2.45, 2.75) is 33.8 Å². The van der Waals surface area contributed by atoms with Gasteiger partial charge in [0.1, 0.15) is 18.2 Å². The van der Waals surface area contributed by atoms with E-state index in [0.29, 0.717) is 19.0 Å². The minimum Gasteiger partial charge on any atom is -0.382 e. The van der Waals surface area contributed by atoms with E-state index in [-0.39, 0.29) is 0 Å². The summed E-state index contributed by atoms with van der Waals surface area (Å²) in [4.78, 5) is 8.85. The Morgan fingerprint density at radius 1 is 1.00 bits per heavy atom. The van der Waals surface area contributed by atoms with Gasteiger partial charge in [-0.05, 0) is 27.2 Å². The Kier molecular flexibility index (Phi) is 8.66. The van der Waals surface area contributed by atoms with Crippen LogP contribution < -0.4 is 10.6 Å². The van der Waals surface area contributed by atoms with E-state index in [9.17, 15) is 0 Å². The van der Waals surface area contributed by atoms with Gasteiger partial charge in [0.15, 0.2) is 5.82 Å². The second kappa shape index (κ2) is 10.4. The number of rotatable bonds is 11. The molecule has 0 atom stereocenters. The van der Waals surface area contributed by atoms with Crippen molar-refractivity contribution in [2.75, 3.05) is 43.5 Å². The van der Waals surface area contributed by atoms with Crippen LogP contribution >= 0.6 is 0 Å². The first-order valence-electron chi connectivity index (χ1n) is 7.31. The number of nitrogens with zero attached hydrogens (tertiary/aromatic N) is 2. The average Bonchev–Trinajstić information content (AvgIpc) is 2.45. The maximum atomic E-state index is 5.36. The number of hydrogen-bond donors (Lipinski definition) is 2. The van der Waals surface area contributed by atoms with Crippen LogP contribution in [-0.2, 0) is 16.1 Å². The third-order valence-corrected chi connectivity index (χ3v) is 2.54. The average molecular weight is 282 g/mol. The summed E-state index contributed by atoms with van der Waals surface area (Å²) in [6.45, 7) is 10.3. The lowest BCUT2D eigenvalue weighted by Gasteiger charge is -2.10. The zero-order valence-corrected chi connectivity index (χ0v) is 12.7. The Labute approximate surface area is 121 Å². The van der Waals surface area contributed by atoms with Gasteiger partial charge in [-0.25, -0.2) is 9.97 Å². The minimum atomic E-state index is 0.434. The molecule has 2 N–H and O–H groups in total. The van der Waals surface area contributed by atoms with Gasteiger partial charge in [-0.1, -0.05) is 0 Å². The van der Waals surface area contributed by atoms with Gasteiger partial charge in [-0.3, -0.25) is 0 Å². The van der Waals surface area contributed by atoms with Crippen molar-refractivity contribution in [3.8, 4) is 0 Å². The fraction of sp³-hybridized carbons (Fsp3) is 0.714. The highest BCUT2D eigenvalue weighted by atomic mass is 16.5. The molecule has 0 radical (unpaired) electrons. The van der Waals surface area contributed by atoms with E-state index in [0.717, 1.165) is 44.4 Å². The van der Waals surface area contributed by atoms with Gasteiger partial charge in [0.2, 0.25) is 0 Å². The van der Waals surface area contributed by atoms with Gasteiger partial charge in [0.25, 0.3) is 0 Å². The molecule has 0 saturated heterocycles. The highest BCUT2D eigenvalue weighted by molar-refractivity contribution is 5.47. The van der Waals surface area contributed by atoms with Crippen molar-refractivity contribution in [1.29, 1.82) is 0 Å². The molecule has 0 aliphatic rings. The van der Waals surface area contributed by atoms with E-state index < -0.39 is 0 Å². The largest absolute Gasteiger partial charge is 0.382 e. The summed E-state index contributed by atoms with van der Waals surface area (Å²) in [7, 11) is 0. The van der Waals surface area contributed by atoms with Crippen LogP contribution in [0.15, 0.2) is 6.07 Å². The van der Waals surface area contributed by atoms with Crippen LogP contribution in [0.5, 0.6) is 0 Å². The van der Waals surface area contributed by atoms with Gasteiger partial charge in [0.05, 0.1) is 0 Å². The van der Waals surface area contributed by atoms with Crippen molar-refractivity contribution < 1.29 is 9.47 Å². The molecule has 0 aliphatic heterocycles. The van der Waals surface area contributed by atoms with E-state index in [4.69, 9.17) is 9.47 Å². The van der Waals surface area contributed by atoms with Crippen LogP contribution in [0.3, 0.4) is 0 Å². The molecule has 1 aromatic rings. The van der Waals surface area contributed by atoms with E-state index in [2.05, 4.69) is 20.6 Å². The molecule has 0 fully saturated rings. The Bertz CT molecular complexity index is 374. The van der Waals surface area contributed by atoms with Crippen molar-refractivity contribution in [1.82, 2.24) is 9.97 Å². The lowest BCUT2D eigenvalue weighted by atomic mass is 10.4. The van der Waals surface area contributed by atoms with Crippen LogP contribution in [0.1, 0.15) is 33.0 Å². The van der Waals surface area contributed by atoms with Gasteiger partial charge in [0, 0.05) is 39.0 Å². The summed E-state index contributed by atoms with van der Waals surface area (Å²) in [6.07, 6.45) is 0.954. The molecule has 1 aromatic heterocycles. The molecule has 0 unspecified atom stereocenters. The van der Waals surface area contributed by atoms with E-state index in [1.807, 2.05) is 26.8 Å². The smallest absolute Gasteiger partial charge is 0.158 e. The molecular weight excluding hydrogens is 256 g/mol. The van der Waals surface area contributed by atoms with Crippen molar-refractivity contribution >= 4 is 11.6 Å². The predicted molar refractivity (Wildman–Crippen MR) is 81.1 cm³/mol. The molecule has 114 valence electrons. The van der Waals surface area contributed by atoms with Crippen LogP contribution in [0.4, 0.5) is 11.6 Å². The van der Waals surface area contributed by atoms with Crippen molar-refractivity contribution in [2.24, 2.45) is 0 Å². The number of nitrogens with one attached hydrogen (secondary N) is 2. The lowest BCUT2D eigenvalue weighted by Crippen LogP contribution is -2.11. The number of anilines is 2. The Hall–Kier alpha value is -1.40. The maximum Gasteiger partial charge on any atom is 0.158 e. The minimum absolute atomic E-state index is 0.434. The van der Waals surface area contributed by atoms with Crippen LogP contribution in [-0.4, -0.2) is 42.9 Å². The Morgan fingerprint density at radius 2 is 1.70 bits per heavy atom. The summed E-state index contributed by atoms with van der Waals surface area (Å²) in [5.74, 6) is 2.34. The summed E-state index contributed by atoms with van der Waals surface area (Å²) in [5, 5.41) is 6.50. The fourth-order valence-corrected chi connectivity index (χ4v) is 1.65. The first-order chi connectivity index (χ1) is 9.80. The number of ether oxygens (including phenoxy) is 2. The first-order valence-corrected chi connectivity index (χ1v) is 7.31. The zero-order valence-electron chi connectivity index (χ0n) is 12.7. The molecule has 1 heterocycles. The molecule has 0 amide bonds. The molecule has 20 heavy (non-hydrogen) atoms. The van der Waals surface area contributed by atoms with Crippen LogP contribution in [0.2, 0.25) is 0 Å². The zero-order chi connectivity index (χ0) is 14.6. The highest BCUT2D eigenvalue weighted by Crippen LogP contribution is 2.12. The summed E-state index contributed by atoms with van der Waals surface area (Å²) < 4.78 is 10.7. The SMILES string of the molecule is CCNc1cc(NCCCOCC)nc(COCC)n1. The standard InChI is InChI=1S/C14H26N4O2/c1-4-15-12-10-13(16-8-7-9-19-5-2)18-14(17-12)11-20-6-3/h10H,4-9,11H2,1-3H3,(H2,15,16,17,18). The molecule has 6 heteroatoms. The quantitative estimate of drug-likeness (QED) is 0.607. The topological polar surface area (TPSA) is 68.3 Å². The molecule has 0 bridgehead atoms. The van der Waals surface area contributed by atoms with Crippen molar-refractivity contribution in [3.63, 3.8) is 0 Å². The van der Waals surface area contributed by atoms with Crippen LogP contribution in [0.25, 0.3) is 0 Å². The number of aromatic nitrogens is 2. The highest BCUT2D eigenvalue weighted by Gasteiger charge is 2.04. The van der Waals surface area contributed by atoms with Gasteiger partial charge < -0.3 is 20.1 Å².